The van der Waals surface area contributed by atoms with Crippen LogP contribution in [-0.4, -0.2) is 50.9 Å². The minimum absolute atomic E-state index is 0.0304. The zero-order valence-corrected chi connectivity index (χ0v) is 24.1. The van der Waals surface area contributed by atoms with Crippen molar-refractivity contribution in [1.82, 2.24) is 14.5 Å². The summed E-state index contributed by atoms with van der Waals surface area (Å²) in [6.45, 7) is 12.0. The number of hydrogen-bond donors (Lipinski definition) is 2. The van der Waals surface area contributed by atoms with Crippen molar-refractivity contribution in [1.29, 1.82) is 0 Å². The van der Waals surface area contributed by atoms with Gasteiger partial charge in [0.15, 0.2) is 5.82 Å². The molecular formula is C26H36BrN5O5. The zero-order chi connectivity index (χ0) is 27.5. The highest BCUT2D eigenvalue weighted by Gasteiger charge is 2.30. The Kier molecular flexibility index (Phi) is 8.56. The van der Waals surface area contributed by atoms with Crippen molar-refractivity contribution in [3.63, 3.8) is 0 Å². The number of carbonyl (C=O) groups is 2. The Hall–Kier alpha value is -3.08. The number of nitrogens with zero attached hydrogens (tertiary/aromatic N) is 3. The number of aromatic nitrogens is 2. The van der Waals surface area contributed by atoms with Gasteiger partial charge in [-0.15, -0.1) is 0 Å². The second-order valence-corrected chi connectivity index (χ2v) is 12.0. The third-order valence-corrected chi connectivity index (χ3v) is 5.89. The van der Waals surface area contributed by atoms with E-state index in [9.17, 15) is 14.4 Å². The van der Waals surface area contributed by atoms with E-state index in [-0.39, 0.29) is 23.4 Å². The number of anilines is 3. The molecule has 2 N–H and O–H groups in total. The van der Waals surface area contributed by atoms with Gasteiger partial charge < -0.3 is 24.3 Å². The van der Waals surface area contributed by atoms with E-state index in [1.807, 2.05) is 32.9 Å². The minimum Gasteiger partial charge on any atom is -0.444 e. The van der Waals surface area contributed by atoms with Crippen molar-refractivity contribution >= 4 is 45.3 Å². The van der Waals surface area contributed by atoms with Crippen LogP contribution in [0.25, 0.3) is 0 Å². The Morgan fingerprint density at radius 3 is 2.43 bits per heavy atom. The zero-order valence-electron chi connectivity index (χ0n) is 22.5. The third-order valence-electron chi connectivity index (χ3n) is 5.51. The molecule has 2 aromatic rings. The maximum absolute atomic E-state index is 12.7. The number of piperidine rings is 1. The van der Waals surface area contributed by atoms with E-state index in [0.29, 0.717) is 29.1 Å². The predicted molar refractivity (Wildman–Crippen MR) is 147 cm³/mol. The number of benzene rings is 1. The van der Waals surface area contributed by atoms with E-state index in [2.05, 4.69) is 31.5 Å². The molecule has 1 unspecified atom stereocenters. The molecule has 11 heteroatoms. The Morgan fingerprint density at radius 1 is 1.11 bits per heavy atom. The summed E-state index contributed by atoms with van der Waals surface area (Å²) in [6.07, 6.45) is 2.26. The molecule has 1 aromatic heterocycles. The van der Waals surface area contributed by atoms with Crippen LogP contribution < -0.4 is 16.2 Å². The van der Waals surface area contributed by atoms with Crippen LogP contribution in [0.4, 0.5) is 26.8 Å². The van der Waals surface area contributed by atoms with Crippen molar-refractivity contribution in [3.05, 3.63) is 44.9 Å². The molecule has 1 saturated heterocycles. The lowest BCUT2D eigenvalue weighted by Crippen LogP contribution is -2.42. The molecule has 1 aromatic carbocycles. The Labute approximate surface area is 225 Å². The molecule has 1 aliphatic heterocycles. The van der Waals surface area contributed by atoms with E-state index in [1.54, 1.807) is 45.0 Å². The lowest BCUT2D eigenvalue weighted by Gasteiger charge is -2.35. The van der Waals surface area contributed by atoms with Crippen molar-refractivity contribution < 1.29 is 19.1 Å². The van der Waals surface area contributed by atoms with E-state index >= 15 is 0 Å². The first-order valence-corrected chi connectivity index (χ1v) is 13.0. The van der Waals surface area contributed by atoms with Gasteiger partial charge in [0.25, 0.3) is 5.56 Å². The van der Waals surface area contributed by atoms with Crippen LogP contribution in [0.5, 0.6) is 0 Å². The molecule has 202 valence electrons. The molecule has 0 radical (unpaired) electrons. The van der Waals surface area contributed by atoms with Gasteiger partial charge in [-0.2, -0.15) is 0 Å². The summed E-state index contributed by atoms with van der Waals surface area (Å²) >= 11 is 3.31. The molecule has 10 nitrogen and oxygen atoms in total. The van der Waals surface area contributed by atoms with Gasteiger partial charge in [-0.3, -0.25) is 10.1 Å². The number of amides is 2. The normalized spacial score (nSPS) is 16.2. The van der Waals surface area contributed by atoms with E-state index in [4.69, 9.17) is 9.47 Å². The number of ether oxygens (including phenoxy) is 2. The summed E-state index contributed by atoms with van der Waals surface area (Å²) in [6, 6.07) is 5.46. The molecule has 1 fully saturated rings. The van der Waals surface area contributed by atoms with Crippen LogP contribution in [-0.2, 0) is 16.5 Å². The average molecular weight is 579 g/mol. The monoisotopic (exact) mass is 577 g/mol. The number of aryl methyl sites for hydroxylation is 1. The number of halogens is 1. The summed E-state index contributed by atoms with van der Waals surface area (Å²) in [4.78, 5) is 43.9. The van der Waals surface area contributed by atoms with Crippen molar-refractivity contribution in [3.8, 4) is 0 Å². The SMILES string of the molecule is Cn1cc(Br)nc(Nc2ccc(C3CCCN(C(=O)OC(C)(C)C)C3)c(NC(=O)OC(C)(C)C)c2)c1=O. The molecule has 0 saturated carbocycles. The minimum atomic E-state index is -0.676. The van der Waals surface area contributed by atoms with Crippen LogP contribution in [0.15, 0.2) is 33.8 Å². The Bertz CT molecular complexity index is 1220. The fourth-order valence-electron chi connectivity index (χ4n) is 4.02. The van der Waals surface area contributed by atoms with Crippen LogP contribution in [0, 0.1) is 0 Å². The summed E-state index contributed by atoms with van der Waals surface area (Å²) in [5, 5.41) is 5.91. The molecule has 1 aliphatic rings. The second-order valence-electron chi connectivity index (χ2n) is 11.1. The topological polar surface area (TPSA) is 115 Å². The fourth-order valence-corrected chi connectivity index (χ4v) is 4.51. The largest absolute Gasteiger partial charge is 0.444 e. The predicted octanol–water partition coefficient (Wildman–Crippen LogP) is 5.75. The van der Waals surface area contributed by atoms with Crippen molar-refractivity contribution in [2.75, 3.05) is 23.7 Å². The van der Waals surface area contributed by atoms with Gasteiger partial charge >= 0.3 is 12.2 Å². The van der Waals surface area contributed by atoms with Gasteiger partial charge in [0.05, 0.1) is 0 Å². The first-order chi connectivity index (χ1) is 17.1. The lowest BCUT2D eigenvalue weighted by molar-refractivity contribution is 0.0198. The van der Waals surface area contributed by atoms with Crippen LogP contribution in [0.2, 0.25) is 0 Å². The highest BCUT2D eigenvalue weighted by atomic mass is 79.9. The Balaban J connectivity index is 1.92. The second kappa shape index (κ2) is 11.1. The fraction of sp³-hybridized carbons (Fsp3) is 0.538. The number of carbonyl (C=O) groups excluding carboxylic acids is 2. The maximum atomic E-state index is 12.7. The highest BCUT2D eigenvalue weighted by Crippen LogP contribution is 2.35. The highest BCUT2D eigenvalue weighted by molar-refractivity contribution is 9.10. The van der Waals surface area contributed by atoms with Crippen LogP contribution in [0.1, 0.15) is 65.9 Å². The third kappa shape index (κ3) is 8.21. The summed E-state index contributed by atoms with van der Waals surface area (Å²) in [5.41, 5.74) is 0.400. The maximum Gasteiger partial charge on any atom is 0.412 e. The molecule has 0 spiro atoms. The van der Waals surface area contributed by atoms with Gasteiger partial charge in [0.2, 0.25) is 0 Å². The molecule has 2 heterocycles. The summed E-state index contributed by atoms with van der Waals surface area (Å²) in [5.74, 6) is 0.110. The smallest absolute Gasteiger partial charge is 0.412 e. The number of hydrogen-bond acceptors (Lipinski definition) is 7. The van der Waals surface area contributed by atoms with Crippen molar-refractivity contribution in [2.45, 2.75) is 71.5 Å². The molecular weight excluding hydrogens is 542 g/mol. The Morgan fingerprint density at radius 2 is 1.78 bits per heavy atom. The molecule has 0 bridgehead atoms. The van der Waals surface area contributed by atoms with Crippen molar-refractivity contribution in [2.24, 2.45) is 7.05 Å². The molecule has 1 atom stereocenters. The number of likely N-dealkylation sites (tertiary alicyclic amines) is 1. The standard InChI is InChI=1S/C26H36BrN5O5/c1-25(2,3)36-23(34)29-19-13-17(28-21-22(33)31(7)15-20(27)30-21)10-11-18(19)16-9-8-12-32(14-16)24(35)37-26(4,5)6/h10-11,13,15-16H,8-9,12,14H2,1-7H3,(H,28,30)(H,29,34). The molecule has 37 heavy (non-hydrogen) atoms. The van der Waals surface area contributed by atoms with Crippen LogP contribution >= 0.6 is 15.9 Å². The first-order valence-electron chi connectivity index (χ1n) is 12.2. The van der Waals surface area contributed by atoms with E-state index in [1.165, 1.54) is 4.57 Å². The van der Waals surface area contributed by atoms with Gasteiger partial charge in [0, 0.05) is 43.6 Å². The first kappa shape index (κ1) is 28.5. The molecule has 0 aliphatic carbocycles. The number of rotatable bonds is 4. The average Bonchev–Trinajstić information content (AvgIpc) is 2.75. The van der Waals surface area contributed by atoms with E-state index in [0.717, 1.165) is 18.4 Å². The van der Waals surface area contributed by atoms with Gasteiger partial charge in [-0.1, -0.05) is 6.07 Å². The summed E-state index contributed by atoms with van der Waals surface area (Å²) in [7, 11) is 1.64. The van der Waals surface area contributed by atoms with Gasteiger partial charge in [-0.25, -0.2) is 14.6 Å². The van der Waals surface area contributed by atoms with E-state index < -0.39 is 17.3 Å². The van der Waals surface area contributed by atoms with Gasteiger partial charge in [0.1, 0.15) is 15.8 Å². The quantitative estimate of drug-likeness (QED) is 0.475. The van der Waals surface area contributed by atoms with Gasteiger partial charge in [-0.05, 0) is 88.0 Å². The van der Waals surface area contributed by atoms with Crippen LogP contribution in [0.3, 0.4) is 0 Å². The molecule has 3 rings (SSSR count). The summed E-state index contributed by atoms with van der Waals surface area (Å²) < 4.78 is 13.0. The number of nitrogens with one attached hydrogen (secondary N) is 2. The lowest BCUT2D eigenvalue weighted by atomic mass is 9.89. The molecule has 2 amide bonds.